The molecule has 0 saturated carbocycles. The van der Waals surface area contributed by atoms with E-state index in [1.54, 1.807) is 44.0 Å². The van der Waals surface area contributed by atoms with E-state index >= 15 is 0 Å². The Morgan fingerprint density at radius 1 is 1.12 bits per heavy atom. The SMILES string of the molecule is CC(C)(C)OC(=O)n1cncc1/C=C/CN1CCN(C(=O)OCc2ccccc2)CC1=O. The Hall–Kier alpha value is -3.62. The normalized spacial score (nSPS) is 14.7. The molecule has 1 aromatic carbocycles. The zero-order valence-corrected chi connectivity index (χ0v) is 18.6. The Bertz CT molecular complexity index is 978. The fourth-order valence-electron chi connectivity index (χ4n) is 3.06. The number of imidazole rings is 1. The summed E-state index contributed by atoms with van der Waals surface area (Å²) in [4.78, 5) is 44.0. The molecule has 2 amide bonds. The van der Waals surface area contributed by atoms with Gasteiger partial charge in [-0.1, -0.05) is 36.4 Å². The first kappa shape index (κ1) is 23.1. The van der Waals surface area contributed by atoms with Gasteiger partial charge in [-0.3, -0.25) is 9.69 Å². The van der Waals surface area contributed by atoms with Gasteiger partial charge < -0.3 is 14.4 Å². The highest BCUT2D eigenvalue weighted by Gasteiger charge is 2.27. The van der Waals surface area contributed by atoms with Gasteiger partial charge in [-0.05, 0) is 32.4 Å². The maximum Gasteiger partial charge on any atom is 0.420 e. The highest BCUT2D eigenvalue weighted by Crippen LogP contribution is 2.12. The number of piperazine rings is 1. The van der Waals surface area contributed by atoms with E-state index in [-0.39, 0.29) is 19.1 Å². The molecular formula is C23H28N4O5. The molecule has 9 heteroatoms. The van der Waals surface area contributed by atoms with Crippen molar-refractivity contribution < 1.29 is 23.9 Å². The van der Waals surface area contributed by atoms with Gasteiger partial charge in [0.1, 0.15) is 25.1 Å². The van der Waals surface area contributed by atoms with Crippen LogP contribution >= 0.6 is 0 Å². The fraction of sp³-hybridized carbons (Fsp3) is 0.391. The van der Waals surface area contributed by atoms with Crippen LogP contribution in [0.3, 0.4) is 0 Å². The van der Waals surface area contributed by atoms with Crippen LogP contribution in [-0.2, 0) is 20.9 Å². The van der Waals surface area contributed by atoms with Gasteiger partial charge in [0.2, 0.25) is 5.91 Å². The molecule has 1 saturated heterocycles. The quantitative estimate of drug-likeness (QED) is 0.709. The molecule has 0 atom stereocenters. The lowest BCUT2D eigenvalue weighted by molar-refractivity contribution is -0.134. The van der Waals surface area contributed by atoms with E-state index in [1.165, 1.54) is 15.8 Å². The van der Waals surface area contributed by atoms with Crippen LogP contribution in [0.5, 0.6) is 0 Å². The topological polar surface area (TPSA) is 94.0 Å². The number of hydrogen-bond donors (Lipinski definition) is 0. The van der Waals surface area contributed by atoms with Gasteiger partial charge in [0.15, 0.2) is 0 Å². The molecule has 170 valence electrons. The van der Waals surface area contributed by atoms with E-state index in [4.69, 9.17) is 9.47 Å². The first-order valence-corrected chi connectivity index (χ1v) is 10.4. The Labute approximate surface area is 187 Å². The van der Waals surface area contributed by atoms with E-state index in [2.05, 4.69) is 4.98 Å². The van der Waals surface area contributed by atoms with Crippen LogP contribution in [0.2, 0.25) is 0 Å². The lowest BCUT2D eigenvalue weighted by atomic mass is 10.2. The summed E-state index contributed by atoms with van der Waals surface area (Å²) in [6.07, 6.45) is 5.40. The minimum absolute atomic E-state index is 0.0305. The molecule has 1 aromatic heterocycles. The molecule has 0 unspecified atom stereocenters. The second kappa shape index (κ2) is 10.1. The molecule has 9 nitrogen and oxygen atoms in total. The van der Waals surface area contributed by atoms with E-state index in [1.807, 2.05) is 30.3 Å². The lowest BCUT2D eigenvalue weighted by Gasteiger charge is -2.33. The number of carbonyl (C=O) groups excluding carboxylic acids is 3. The molecule has 3 rings (SSSR count). The van der Waals surface area contributed by atoms with E-state index in [9.17, 15) is 14.4 Å². The van der Waals surface area contributed by atoms with Crippen molar-refractivity contribution in [3.63, 3.8) is 0 Å². The summed E-state index contributed by atoms with van der Waals surface area (Å²) in [6, 6.07) is 9.39. The van der Waals surface area contributed by atoms with Gasteiger partial charge in [0.05, 0.1) is 11.9 Å². The Balaban J connectivity index is 1.48. The standard InChI is InChI=1S/C23H28N4O5/c1-23(2,3)32-22(30)27-17-24-14-19(27)10-7-11-25-12-13-26(15-20(25)28)21(29)31-16-18-8-5-4-6-9-18/h4-10,14,17H,11-13,15-16H2,1-3H3/b10-7+. The fourth-order valence-corrected chi connectivity index (χ4v) is 3.06. The van der Waals surface area contributed by atoms with Gasteiger partial charge in [-0.2, -0.15) is 0 Å². The minimum Gasteiger partial charge on any atom is -0.445 e. The average molecular weight is 441 g/mol. The first-order chi connectivity index (χ1) is 15.2. The van der Waals surface area contributed by atoms with Crippen LogP contribution in [0.4, 0.5) is 9.59 Å². The second-order valence-electron chi connectivity index (χ2n) is 8.37. The van der Waals surface area contributed by atoms with Crippen molar-refractivity contribution in [2.45, 2.75) is 33.0 Å². The zero-order valence-electron chi connectivity index (χ0n) is 18.6. The summed E-state index contributed by atoms with van der Waals surface area (Å²) in [7, 11) is 0. The highest BCUT2D eigenvalue weighted by atomic mass is 16.6. The molecule has 1 aliphatic heterocycles. The molecular weight excluding hydrogens is 412 g/mol. The first-order valence-electron chi connectivity index (χ1n) is 10.4. The van der Waals surface area contributed by atoms with Crippen molar-refractivity contribution in [2.75, 3.05) is 26.2 Å². The van der Waals surface area contributed by atoms with Crippen molar-refractivity contribution >= 4 is 24.2 Å². The Morgan fingerprint density at radius 3 is 2.56 bits per heavy atom. The van der Waals surface area contributed by atoms with E-state index in [0.717, 1.165) is 5.56 Å². The summed E-state index contributed by atoms with van der Waals surface area (Å²) < 4.78 is 12.0. The largest absolute Gasteiger partial charge is 0.445 e. The van der Waals surface area contributed by atoms with Gasteiger partial charge in [0, 0.05) is 19.6 Å². The molecule has 1 fully saturated rings. The monoisotopic (exact) mass is 440 g/mol. The third kappa shape index (κ3) is 6.44. The molecule has 0 radical (unpaired) electrons. The van der Waals surface area contributed by atoms with Gasteiger partial charge >= 0.3 is 12.2 Å². The number of aromatic nitrogens is 2. The predicted octanol–water partition coefficient (Wildman–Crippen LogP) is 3.16. The maximum atomic E-state index is 12.5. The number of amides is 2. The minimum atomic E-state index is -0.614. The number of hydrogen-bond acceptors (Lipinski definition) is 6. The van der Waals surface area contributed by atoms with Crippen LogP contribution in [0.15, 0.2) is 48.9 Å². The molecule has 1 aliphatic rings. The maximum absolute atomic E-state index is 12.5. The molecule has 2 aromatic rings. The van der Waals surface area contributed by atoms with Gasteiger partial charge in [-0.25, -0.2) is 19.1 Å². The second-order valence-corrected chi connectivity index (χ2v) is 8.37. The summed E-state index contributed by atoms with van der Waals surface area (Å²) in [6.45, 7) is 6.66. The number of nitrogens with zero attached hydrogens (tertiary/aromatic N) is 4. The summed E-state index contributed by atoms with van der Waals surface area (Å²) in [5, 5.41) is 0. The molecule has 32 heavy (non-hydrogen) atoms. The van der Waals surface area contributed by atoms with Crippen LogP contribution in [0, 0.1) is 0 Å². The van der Waals surface area contributed by atoms with Crippen molar-refractivity contribution in [3.8, 4) is 0 Å². The third-order valence-corrected chi connectivity index (χ3v) is 4.65. The van der Waals surface area contributed by atoms with Crippen molar-refractivity contribution in [1.29, 1.82) is 0 Å². The summed E-state index contributed by atoms with van der Waals surface area (Å²) in [5.74, 6) is -0.168. The zero-order chi connectivity index (χ0) is 23.1. The highest BCUT2D eigenvalue weighted by molar-refractivity contribution is 5.83. The van der Waals surface area contributed by atoms with E-state index in [0.29, 0.717) is 25.3 Å². The number of benzene rings is 1. The van der Waals surface area contributed by atoms with Gasteiger partial charge in [-0.15, -0.1) is 0 Å². The predicted molar refractivity (Wildman–Crippen MR) is 118 cm³/mol. The Kier molecular flexibility index (Phi) is 7.29. The van der Waals surface area contributed by atoms with Crippen LogP contribution in [-0.4, -0.2) is 69.2 Å². The van der Waals surface area contributed by atoms with Crippen LogP contribution in [0.25, 0.3) is 6.08 Å². The number of carbonyl (C=O) groups is 3. The third-order valence-electron chi connectivity index (χ3n) is 4.65. The molecule has 0 aliphatic carbocycles. The smallest absolute Gasteiger partial charge is 0.420 e. The average Bonchev–Trinajstić information content (AvgIpc) is 3.21. The van der Waals surface area contributed by atoms with Gasteiger partial charge in [0.25, 0.3) is 0 Å². The number of ether oxygens (including phenoxy) is 2. The Morgan fingerprint density at radius 2 is 1.88 bits per heavy atom. The number of rotatable bonds is 5. The molecule has 0 spiro atoms. The molecule has 0 bridgehead atoms. The lowest BCUT2D eigenvalue weighted by Crippen LogP contribution is -2.52. The van der Waals surface area contributed by atoms with Crippen molar-refractivity contribution in [1.82, 2.24) is 19.4 Å². The van der Waals surface area contributed by atoms with Crippen molar-refractivity contribution in [3.05, 3.63) is 60.2 Å². The molecule has 0 N–H and O–H groups in total. The van der Waals surface area contributed by atoms with Crippen LogP contribution in [0.1, 0.15) is 32.0 Å². The summed E-state index contributed by atoms with van der Waals surface area (Å²) >= 11 is 0. The van der Waals surface area contributed by atoms with Crippen LogP contribution < -0.4 is 0 Å². The van der Waals surface area contributed by atoms with E-state index < -0.39 is 17.8 Å². The summed E-state index contributed by atoms with van der Waals surface area (Å²) in [5.41, 5.74) is 0.827. The van der Waals surface area contributed by atoms with Crippen molar-refractivity contribution in [2.24, 2.45) is 0 Å². The molecule has 2 heterocycles.